The smallest absolute Gasteiger partial charge is 0.744 e. The third-order valence-electron chi connectivity index (χ3n) is 12.4. The average Bonchev–Trinajstić information content (AvgIpc) is 3.75. The number of fused-ring (bicyclic) bond motifs is 6. The van der Waals surface area contributed by atoms with Crippen molar-refractivity contribution in [2.75, 3.05) is 18.0 Å². The summed E-state index contributed by atoms with van der Waals surface area (Å²) >= 11 is 0. The molecule has 0 aliphatic carbocycles. The van der Waals surface area contributed by atoms with E-state index in [2.05, 4.69) is 0 Å². The Morgan fingerprint density at radius 2 is 1.17 bits per heavy atom. The van der Waals surface area contributed by atoms with Crippen molar-refractivity contribution in [1.29, 1.82) is 0 Å². The second kappa shape index (κ2) is 25.6. The molecule has 19 nitrogen and oxygen atoms in total. The van der Waals surface area contributed by atoms with Crippen LogP contribution in [0.3, 0.4) is 0 Å². The van der Waals surface area contributed by atoms with E-state index in [-0.39, 0.29) is 246 Å². The number of hydrogen-bond donors (Lipinski definition) is 0. The summed E-state index contributed by atoms with van der Waals surface area (Å²) in [7, 11) is -20.9. The number of carbonyl (C=O) groups excluding carboxylic acids is 3. The van der Waals surface area contributed by atoms with Gasteiger partial charge in [0.05, 0.1) is 25.0 Å². The van der Waals surface area contributed by atoms with Crippen LogP contribution in [0.4, 0.5) is 11.4 Å². The zero-order chi connectivity index (χ0) is 50.1. The Morgan fingerprint density at radius 3 is 1.67 bits per heavy atom. The minimum absolute atomic E-state index is 0. The van der Waals surface area contributed by atoms with Gasteiger partial charge in [0.25, 0.3) is 11.8 Å². The quantitative estimate of drug-likeness (QED) is 0.0267. The molecular weight excluding hydrogens is 1120 g/mol. The molecular formula is C45H44K4N3O16S4+. The van der Waals surface area contributed by atoms with Crippen molar-refractivity contribution < 1.29 is 281 Å². The van der Waals surface area contributed by atoms with Crippen LogP contribution in [-0.4, -0.2) is 98.1 Å². The van der Waals surface area contributed by atoms with Crippen LogP contribution in [0.5, 0.6) is 0 Å². The van der Waals surface area contributed by atoms with Gasteiger partial charge in [0.1, 0.15) is 47.0 Å². The summed E-state index contributed by atoms with van der Waals surface area (Å²) in [4.78, 5) is 39.6. The zero-order valence-electron chi connectivity index (χ0n) is 41.2. The molecule has 4 aromatic carbocycles. The van der Waals surface area contributed by atoms with Gasteiger partial charge in [0, 0.05) is 72.1 Å². The first-order valence-electron chi connectivity index (χ1n) is 21.1. The third-order valence-corrected chi connectivity index (χ3v) is 15.8. The second-order valence-electron chi connectivity index (χ2n) is 17.5. The van der Waals surface area contributed by atoms with Crippen molar-refractivity contribution in [3.8, 4) is 0 Å². The van der Waals surface area contributed by atoms with E-state index in [0.29, 0.717) is 83.5 Å². The van der Waals surface area contributed by atoms with Gasteiger partial charge in [-0.15, -0.1) is 5.06 Å². The maximum absolute atomic E-state index is 12.5. The fourth-order valence-electron chi connectivity index (χ4n) is 9.44. The Morgan fingerprint density at radius 1 is 0.653 bits per heavy atom. The molecule has 27 heteroatoms. The SMILES string of the molecule is CCN1C(=CC=CC=CC2=[N+](CCCCCC(=O)ON3C(=O)CCC3=O)c3ccc4c(S(=O)(=O)[O-])cc(S(=O)(=O)[O-])cc4c3C2(C)C)C(C)(C)c2c1ccc1c(S(=O)(=O)[O-])cc(S(=O)(=O)[O-])cc21.[K+].[K+].[K+].[K+]. The molecule has 2 amide bonds. The summed E-state index contributed by atoms with van der Waals surface area (Å²) < 4.78 is 150. The maximum atomic E-state index is 12.5. The summed E-state index contributed by atoms with van der Waals surface area (Å²) in [6.07, 6.45) is 9.74. The van der Waals surface area contributed by atoms with E-state index in [1.807, 2.05) is 30.2 Å². The molecule has 362 valence electrons. The van der Waals surface area contributed by atoms with Crippen LogP contribution in [0.15, 0.2) is 104 Å². The number of imide groups is 1. The number of hydrogen-bond acceptors (Lipinski definition) is 17. The molecule has 0 atom stereocenters. The molecule has 0 saturated carbocycles. The van der Waals surface area contributed by atoms with E-state index >= 15 is 0 Å². The van der Waals surface area contributed by atoms with Gasteiger partial charge >= 0.3 is 212 Å². The van der Waals surface area contributed by atoms with Gasteiger partial charge in [-0.05, 0) is 97.8 Å². The molecule has 1 saturated heterocycles. The Balaban J connectivity index is 0.00000342. The average molecular weight is 1170 g/mol. The molecule has 0 radical (unpaired) electrons. The number of carbonyl (C=O) groups is 3. The molecule has 3 aliphatic rings. The largest absolute Gasteiger partial charge is 1.00 e. The van der Waals surface area contributed by atoms with Crippen molar-refractivity contribution in [2.24, 2.45) is 0 Å². The summed E-state index contributed by atoms with van der Waals surface area (Å²) in [5.74, 6) is -1.97. The van der Waals surface area contributed by atoms with Crippen molar-refractivity contribution in [3.63, 3.8) is 0 Å². The fourth-order valence-corrected chi connectivity index (χ4v) is 12.1. The van der Waals surface area contributed by atoms with Gasteiger partial charge in [0.15, 0.2) is 5.71 Å². The van der Waals surface area contributed by atoms with Crippen LogP contribution in [0.1, 0.15) is 84.3 Å². The first-order valence-corrected chi connectivity index (χ1v) is 26.7. The van der Waals surface area contributed by atoms with E-state index in [4.69, 9.17) is 4.84 Å². The van der Waals surface area contributed by atoms with Gasteiger partial charge in [-0.2, -0.15) is 4.58 Å². The summed E-state index contributed by atoms with van der Waals surface area (Å²) in [5, 5.41) is 0.496. The number of nitrogens with zero attached hydrogens (tertiary/aromatic N) is 3. The summed E-state index contributed by atoms with van der Waals surface area (Å²) in [5.41, 5.74) is 1.37. The summed E-state index contributed by atoms with van der Waals surface area (Å²) in [6.45, 7) is 9.81. The van der Waals surface area contributed by atoms with Gasteiger partial charge in [-0.3, -0.25) is 9.59 Å². The van der Waals surface area contributed by atoms with Crippen LogP contribution < -0.4 is 210 Å². The van der Waals surface area contributed by atoms with E-state index in [1.165, 1.54) is 12.1 Å². The monoisotopic (exact) mass is 1170 g/mol. The number of hydroxylamine groups is 2. The molecule has 4 aromatic rings. The van der Waals surface area contributed by atoms with Crippen LogP contribution in [0, 0.1) is 0 Å². The van der Waals surface area contributed by atoms with Gasteiger partial charge in [-0.25, -0.2) is 38.5 Å². The second-order valence-corrected chi connectivity index (χ2v) is 22.9. The van der Waals surface area contributed by atoms with Crippen molar-refractivity contribution in [3.05, 3.63) is 95.7 Å². The van der Waals surface area contributed by atoms with Crippen LogP contribution in [0.2, 0.25) is 0 Å². The molecule has 7 rings (SSSR count). The van der Waals surface area contributed by atoms with Crippen LogP contribution in [0.25, 0.3) is 21.5 Å². The Labute approximate surface area is 588 Å². The van der Waals surface area contributed by atoms with Crippen LogP contribution >= 0.6 is 0 Å². The minimum Gasteiger partial charge on any atom is -0.744 e. The summed E-state index contributed by atoms with van der Waals surface area (Å²) in [6, 6.07) is 9.23. The minimum atomic E-state index is -5.28. The van der Waals surface area contributed by atoms with E-state index in [0.717, 1.165) is 12.1 Å². The maximum Gasteiger partial charge on any atom is 1.00 e. The number of amides is 2. The van der Waals surface area contributed by atoms with Gasteiger partial charge in [-0.1, -0.05) is 38.1 Å². The third kappa shape index (κ3) is 13.9. The molecule has 0 N–H and O–H groups in total. The number of benzene rings is 4. The first kappa shape index (κ1) is 67.2. The van der Waals surface area contributed by atoms with E-state index < -0.39 is 88.7 Å². The molecule has 0 bridgehead atoms. The number of unbranched alkanes of at least 4 members (excludes halogenated alkanes) is 2. The molecule has 3 aliphatic heterocycles. The molecule has 1 fully saturated rings. The van der Waals surface area contributed by atoms with Crippen molar-refractivity contribution >= 4 is 96.9 Å². The first-order chi connectivity index (χ1) is 31.5. The standard InChI is InChI=1S/C45H47N3O16S4.4K/c1-6-46-33-18-16-29-31(23-27(65(52,53)54)25-35(29)67(58,59)60)42(33)44(2,3)37(46)13-9-7-10-14-38-45(4,5)43-32-24-28(66(55,56)57)26-36(68(61,62)63)30(32)17-19-34(43)47(38)22-12-8-11-15-41(51)64-48-39(49)20-21-40(48)50;;;;/h7,9-10,13-14,16-19,23-26H,6,8,11-12,15,20-22H2,1-5H3,(H3-,52,53,54,55,56,57,58,59,60,61,62,63);;;;/q;4*+1/p-3. The van der Waals surface area contributed by atoms with Crippen molar-refractivity contribution in [1.82, 2.24) is 5.06 Å². The van der Waals surface area contributed by atoms with Gasteiger partial charge in [0.2, 0.25) is 5.69 Å². The molecule has 0 unspecified atom stereocenters. The fraction of sp³-hybridized carbons (Fsp3) is 0.333. The molecule has 3 heterocycles. The normalized spacial score (nSPS) is 17.0. The Hall–Kier alpha value is 0.885. The van der Waals surface area contributed by atoms with E-state index in [9.17, 15) is 66.3 Å². The van der Waals surface area contributed by atoms with Gasteiger partial charge < -0.3 is 27.9 Å². The number of rotatable bonds is 15. The molecule has 0 aromatic heterocycles. The van der Waals surface area contributed by atoms with Crippen LogP contribution in [-0.2, 0) is 70.5 Å². The number of anilines is 1. The number of likely N-dealkylation sites (N-methyl/N-ethyl adjacent to an activating group) is 1. The Kier molecular flexibility index (Phi) is 23.8. The number of allylic oxidation sites excluding steroid dienone is 6. The molecule has 0 spiro atoms. The Bertz CT molecular complexity index is 3470. The van der Waals surface area contributed by atoms with Crippen molar-refractivity contribution in [2.45, 2.75) is 104 Å². The predicted octanol–water partition coefficient (Wildman–Crippen LogP) is -7.02. The van der Waals surface area contributed by atoms with E-state index in [1.54, 1.807) is 56.4 Å². The zero-order valence-corrected chi connectivity index (χ0v) is 56.9. The predicted molar refractivity (Wildman–Crippen MR) is 241 cm³/mol. The molecule has 72 heavy (non-hydrogen) atoms. The topological polar surface area (TPSA) is 299 Å².